The van der Waals surface area contributed by atoms with Crippen molar-refractivity contribution in [3.05, 3.63) is 0 Å². The van der Waals surface area contributed by atoms with Gasteiger partial charge < -0.3 is 34.6 Å². The Kier molecular flexibility index (Phi) is 40.3. The van der Waals surface area contributed by atoms with Gasteiger partial charge in [-0.05, 0) is 38.5 Å². The summed E-state index contributed by atoms with van der Waals surface area (Å²) in [6, 6.07) is 0. The molecule has 336 valence electrons. The van der Waals surface area contributed by atoms with Crippen molar-refractivity contribution in [3.8, 4) is 0 Å². The standard InChI is InChI=1S/C46H90N4O7/c1-6-10-14-18-22-26-34-49(35-27-23-19-15-11-7-2)43(52)41-57-40-42(51)47-32-30-38-56-39-31-33-48-45(53)44(55-5)46(54)50(36-28-24-20-16-12-8-3)37-29-25-21-17-13-9-4/h44H,6-41H2,1-5H3,(H,47,51)(H,48,53). The molecule has 1 unspecified atom stereocenters. The Balaban J connectivity index is 4.38. The van der Waals surface area contributed by atoms with E-state index in [-0.39, 0.29) is 30.9 Å². The van der Waals surface area contributed by atoms with Gasteiger partial charge in [0.25, 0.3) is 11.8 Å². The first kappa shape index (κ1) is 54.8. The van der Waals surface area contributed by atoms with Crippen molar-refractivity contribution in [2.45, 2.75) is 201 Å². The Hall–Kier alpha value is -2.24. The molecular formula is C46H90N4O7. The minimum Gasteiger partial charge on any atom is -0.381 e. The minimum atomic E-state index is -1.15. The van der Waals surface area contributed by atoms with E-state index in [1.165, 1.54) is 110 Å². The van der Waals surface area contributed by atoms with Gasteiger partial charge >= 0.3 is 0 Å². The van der Waals surface area contributed by atoms with Gasteiger partial charge in [0.05, 0.1) is 0 Å². The molecule has 0 fully saturated rings. The van der Waals surface area contributed by atoms with E-state index in [0.29, 0.717) is 52.2 Å². The van der Waals surface area contributed by atoms with Crippen LogP contribution in [0.3, 0.4) is 0 Å². The van der Waals surface area contributed by atoms with Gasteiger partial charge in [0.15, 0.2) is 0 Å². The van der Waals surface area contributed by atoms with Crippen LogP contribution in [0.25, 0.3) is 0 Å². The molecule has 0 aliphatic carbocycles. The maximum Gasteiger partial charge on any atom is 0.261 e. The second-order valence-corrected chi connectivity index (χ2v) is 15.8. The largest absolute Gasteiger partial charge is 0.381 e. The summed E-state index contributed by atoms with van der Waals surface area (Å²) in [6.07, 6.45) is 28.1. The van der Waals surface area contributed by atoms with Crippen molar-refractivity contribution < 1.29 is 33.4 Å². The molecule has 0 saturated carbocycles. The third-order valence-corrected chi connectivity index (χ3v) is 10.5. The summed E-state index contributed by atoms with van der Waals surface area (Å²) >= 11 is 0. The number of methoxy groups -OCH3 is 1. The van der Waals surface area contributed by atoms with E-state index in [1.807, 2.05) is 9.80 Å². The summed E-state index contributed by atoms with van der Waals surface area (Å²) in [5, 5.41) is 5.68. The highest BCUT2D eigenvalue weighted by atomic mass is 16.5. The zero-order valence-electron chi connectivity index (χ0n) is 37.8. The quantitative estimate of drug-likeness (QED) is 0.0465. The Morgan fingerprint density at radius 1 is 0.456 bits per heavy atom. The van der Waals surface area contributed by atoms with E-state index in [2.05, 4.69) is 38.3 Å². The lowest BCUT2D eigenvalue weighted by Crippen LogP contribution is -2.49. The van der Waals surface area contributed by atoms with Gasteiger partial charge in [-0.1, -0.05) is 156 Å². The normalized spacial score (nSPS) is 11.7. The summed E-state index contributed by atoms with van der Waals surface area (Å²) < 4.78 is 16.6. The van der Waals surface area contributed by atoms with Gasteiger partial charge in [0, 0.05) is 59.6 Å². The smallest absolute Gasteiger partial charge is 0.261 e. The Labute approximate surface area is 350 Å². The van der Waals surface area contributed by atoms with Crippen molar-refractivity contribution in [2.75, 3.05) is 72.8 Å². The first-order chi connectivity index (χ1) is 27.9. The van der Waals surface area contributed by atoms with Gasteiger partial charge in [0.1, 0.15) is 13.2 Å². The van der Waals surface area contributed by atoms with Crippen molar-refractivity contribution >= 4 is 23.6 Å². The van der Waals surface area contributed by atoms with Crippen LogP contribution >= 0.6 is 0 Å². The maximum atomic E-state index is 13.4. The molecule has 0 heterocycles. The predicted molar refractivity (Wildman–Crippen MR) is 234 cm³/mol. The monoisotopic (exact) mass is 811 g/mol. The Bertz CT molecular complexity index is 922. The number of nitrogens with one attached hydrogen (secondary N) is 2. The number of carbonyl (C=O) groups excluding carboxylic acids is 4. The van der Waals surface area contributed by atoms with E-state index < -0.39 is 12.0 Å². The predicted octanol–water partition coefficient (Wildman–Crippen LogP) is 9.15. The molecule has 0 rings (SSSR count). The number of hydrogen-bond donors (Lipinski definition) is 2. The summed E-state index contributed by atoms with van der Waals surface area (Å²) in [5.74, 6) is -0.939. The molecule has 0 aromatic heterocycles. The van der Waals surface area contributed by atoms with E-state index in [1.54, 1.807) is 0 Å². The van der Waals surface area contributed by atoms with Crippen molar-refractivity contribution in [3.63, 3.8) is 0 Å². The minimum absolute atomic E-state index is 0.0344. The first-order valence-electron chi connectivity index (χ1n) is 23.6. The summed E-state index contributed by atoms with van der Waals surface area (Å²) in [6.45, 7) is 13.2. The zero-order valence-corrected chi connectivity index (χ0v) is 37.8. The molecule has 0 saturated heterocycles. The highest BCUT2D eigenvalue weighted by Gasteiger charge is 2.30. The number of hydrogen-bond acceptors (Lipinski definition) is 7. The second-order valence-electron chi connectivity index (χ2n) is 15.8. The number of carbonyl (C=O) groups is 4. The van der Waals surface area contributed by atoms with Crippen LogP contribution in [0.5, 0.6) is 0 Å². The summed E-state index contributed by atoms with van der Waals surface area (Å²) in [5.41, 5.74) is 0. The molecule has 11 nitrogen and oxygen atoms in total. The lowest BCUT2D eigenvalue weighted by molar-refractivity contribution is -0.150. The van der Waals surface area contributed by atoms with Crippen LogP contribution in [0.4, 0.5) is 0 Å². The average molecular weight is 811 g/mol. The lowest BCUT2D eigenvalue weighted by Gasteiger charge is -2.26. The SMILES string of the molecule is CCCCCCCCN(CCCCCCCC)C(=O)COCC(=O)NCCCOCCCNC(=O)C(OC)C(=O)N(CCCCCCCC)CCCCCCCC. The molecule has 1 atom stereocenters. The zero-order chi connectivity index (χ0) is 42.0. The molecule has 0 aliphatic heterocycles. The van der Waals surface area contributed by atoms with E-state index in [9.17, 15) is 19.2 Å². The van der Waals surface area contributed by atoms with E-state index >= 15 is 0 Å². The van der Waals surface area contributed by atoms with Crippen LogP contribution in [0.1, 0.15) is 195 Å². The number of rotatable bonds is 43. The Morgan fingerprint density at radius 2 is 0.842 bits per heavy atom. The van der Waals surface area contributed by atoms with Crippen LogP contribution in [-0.4, -0.2) is 112 Å². The van der Waals surface area contributed by atoms with Crippen molar-refractivity contribution in [2.24, 2.45) is 0 Å². The van der Waals surface area contributed by atoms with Crippen LogP contribution in [0, 0.1) is 0 Å². The molecule has 0 spiro atoms. The molecule has 4 amide bonds. The molecule has 11 heteroatoms. The number of amides is 4. The van der Waals surface area contributed by atoms with Crippen LogP contribution in [0.2, 0.25) is 0 Å². The second kappa shape index (κ2) is 41.9. The summed E-state index contributed by atoms with van der Waals surface area (Å²) in [7, 11) is 1.42. The molecule has 0 aromatic rings. The van der Waals surface area contributed by atoms with E-state index in [0.717, 1.165) is 64.5 Å². The number of ether oxygens (including phenoxy) is 3. The molecule has 57 heavy (non-hydrogen) atoms. The maximum absolute atomic E-state index is 13.4. The molecule has 0 radical (unpaired) electrons. The number of unbranched alkanes of at least 4 members (excludes halogenated alkanes) is 20. The van der Waals surface area contributed by atoms with Crippen LogP contribution < -0.4 is 10.6 Å². The van der Waals surface area contributed by atoms with Gasteiger partial charge in [0.2, 0.25) is 17.9 Å². The topological polar surface area (TPSA) is 127 Å². The fourth-order valence-corrected chi connectivity index (χ4v) is 6.87. The summed E-state index contributed by atoms with van der Waals surface area (Å²) in [4.78, 5) is 55.5. The average Bonchev–Trinajstić information content (AvgIpc) is 3.20. The Morgan fingerprint density at radius 3 is 1.26 bits per heavy atom. The van der Waals surface area contributed by atoms with Crippen LogP contribution in [-0.2, 0) is 33.4 Å². The fraction of sp³-hybridized carbons (Fsp3) is 0.913. The van der Waals surface area contributed by atoms with Crippen molar-refractivity contribution in [1.82, 2.24) is 20.4 Å². The van der Waals surface area contributed by atoms with Gasteiger partial charge in [-0.3, -0.25) is 19.2 Å². The van der Waals surface area contributed by atoms with E-state index in [4.69, 9.17) is 14.2 Å². The molecule has 0 bridgehead atoms. The molecule has 0 aliphatic rings. The lowest BCUT2D eigenvalue weighted by atomic mass is 10.1. The third-order valence-electron chi connectivity index (χ3n) is 10.5. The van der Waals surface area contributed by atoms with Gasteiger partial charge in [-0.2, -0.15) is 0 Å². The molecule has 0 aromatic carbocycles. The first-order valence-corrected chi connectivity index (χ1v) is 23.6. The van der Waals surface area contributed by atoms with Gasteiger partial charge in [-0.15, -0.1) is 0 Å². The highest BCUT2D eigenvalue weighted by molar-refractivity contribution is 6.03. The van der Waals surface area contributed by atoms with Crippen LogP contribution in [0.15, 0.2) is 0 Å². The highest BCUT2D eigenvalue weighted by Crippen LogP contribution is 2.12. The molecular weight excluding hydrogens is 721 g/mol. The number of nitrogens with zero attached hydrogens (tertiary/aromatic N) is 2. The fourth-order valence-electron chi connectivity index (χ4n) is 6.87. The van der Waals surface area contributed by atoms with Gasteiger partial charge in [-0.25, -0.2) is 0 Å². The third kappa shape index (κ3) is 33.3. The van der Waals surface area contributed by atoms with Crippen molar-refractivity contribution in [1.29, 1.82) is 0 Å². The molecule has 2 N–H and O–H groups in total.